The summed E-state index contributed by atoms with van der Waals surface area (Å²) in [6.45, 7) is 3.97. The average molecular weight is 583 g/mol. The van der Waals surface area contributed by atoms with E-state index in [0.717, 1.165) is 26.4 Å². The zero-order chi connectivity index (χ0) is 27.8. The highest BCUT2D eigenvalue weighted by Gasteiger charge is 2.16. The summed E-state index contributed by atoms with van der Waals surface area (Å²) in [6.07, 6.45) is 0. The number of carbonyl (C=O) groups is 1. The van der Waals surface area contributed by atoms with E-state index in [1.54, 1.807) is 35.6 Å². The van der Waals surface area contributed by atoms with Gasteiger partial charge in [0, 0.05) is 16.3 Å². The molecule has 6 rings (SSSR count). The van der Waals surface area contributed by atoms with Crippen LogP contribution in [0.2, 0.25) is 5.02 Å². The zero-order valence-electron chi connectivity index (χ0n) is 21.6. The molecule has 0 unspecified atom stereocenters. The van der Waals surface area contributed by atoms with E-state index in [2.05, 4.69) is 24.4 Å². The summed E-state index contributed by atoms with van der Waals surface area (Å²) in [5, 5.41) is 5.34. The molecule has 1 N–H and O–H groups in total. The molecule has 2 heterocycles. The summed E-state index contributed by atoms with van der Waals surface area (Å²) in [6, 6.07) is 26.5. The standard InChI is InChI=1S/C31H23ClN4O2S2/c1-18-7-14-26-27(15-18)40-29(34-26)20-9-11-21(12-10-20)33-28(37)17-39-31-35-25-6-4-3-5-23(25)30(38)36(31)22-13-8-19(2)24(32)16-22/h3-16H,17H2,1-2H3,(H,33,37). The first-order valence-corrected chi connectivity index (χ1v) is 14.7. The molecular weight excluding hydrogens is 560 g/mol. The van der Waals surface area contributed by atoms with Gasteiger partial charge in [0.2, 0.25) is 5.91 Å². The van der Waals surface area contributed by atoms with E-state index in [1.165, 1.54) is 21.9 Å². The average Bonchev–Trinajstić information content (AvgIpc) is 3.37. The predicted octanol–water partition coefficient (Wildman–Crippen LogP) is 7.66. The largest absolute Gasteiger partial charge is 0.325 e. The van der Waals surface area contributed by atoms with Crippen LogP contribution >= 0.6 is 34.7 Å². The molecule has 0 atom stereocenters. The van der Waals surface area contributed by atoms with Crippen molar-refractivity contribution < 1.29 is 4.79 Å². The number of anilines is 1. The topological polar surface area (TPSA) is 76.9 Å². The number of thiazole rings is 1. The molecule has 0 aliphatic rings. The number of halogens is 1. The fraction of sp³-hybridized carbons (Fsp3) is 0.0968. The van der Waals surface area contributed by atoms with Crippen LogP contribution in [0.5, 0.6) is 0 Å². The van der Waals surface area contributed by atoms with E-state index < -0.39 is 0 Å². The maximum atomic E-state index is 13.5. The van der Waals surface area contributed by atoms with Gasteiger partial charge in [0.05, 0.1) is 32.6 Å². The minimum atomic E-state index is -0.214. The van der Waals surface area contributed by atoms with Crippen molar-refractivity contribution in [2.24, 2.45) is 0 Å². The van der Waals surface area contributed by atoms with Gasteiger partial charge in [-0.15, -0.1) is 11.3 Å². The van der Waals surface area contributed by atoms with Gasteiger partial charge in [-0.05, 0) is 85.6 Å². The van der Waals surface area contributed by atoms with Crippen molar-refractivity contribution in [1.82, 2.24) is 14.5 Å². The predicted molar refractivity (Wildman–Crippen MR) is 166 cm³/mol. The van der Waals surface area contributed by atoms with Crippen molar-refractivity contribution in [3.8, 4) is 16.3 Å². The molecule has 0 fully saturated rings. The maximum absolute atomic E-state index is 13.5. The Balaban J connectivity index is 1.21. The lowest BCUT2D eigenvalue weighted by Crippen LogP contribution is -2.23. The van der Waals surface area contributed by atoms with E-state index >= 15 is 0 Å². The van der Waals surface area contributed by atoms with Crippen LogP contribution in [-0.2, 0) is 4.79 Å². The number of nitrogens with one attached hydrogen (secondary N) is 1. The van der Waals surface area contributed by atoms with Crippen LogP contribution in [0, 0.1) is 13.8 Å². The highest BCUT2D eigenvalue weighted by Crippen LogP contribution is 2.31. The van der Waals surface area contributed by atoms with Gasteiger partial charge in [0.1, 0.15) is 5.01 Å². The molecule has 0 radical (unpaired) electrons. The Morgan fingerprint density at radius 1 is 0.950 bits per heavy atom. The Kier molecular flexibility index (Phi) is 7.14. The molecular formula is C31H23ClN4O2S2. The van der Waals surface area contributed by atoms with Gasteiger partial charge in [-0.2, -0.15) is 0 Å². The molecule has 6 aromatic rings. The van der Waals surface area contributed by atoms with Crippen molar-refractivity contribution in [3.05, 3.63) is 111 Å². The lowest BCUT2D eigenvalue weighted by atomic mass is 10.2. The fourth-order valence-corrected chi connectivity index (χ4v) is 6.39. The van der Waals surface area contributed by atoms with Crippen LogP contribution in [0.15, 0.2) is 94.9 Å². The Morgan fingerprint density at radius 2 is 1.75 bits per heavy atom. The number of para-hydroxylation sites is 1. The van der Waals surface area contributed by atoms with Crippen LogP contribution in [0.4, 0.5) is 5.69 Å². The van der Waals surface area contributed by atoms with Gasteiger partial charge in [0.15, 0.2) is 5.16 Å². The number of thioether (sulfide) groups is 1. The Labute approximate surface area is 243 Å². The molecule has 2 aromatic heterocycles. The van der Waals surface area contributed by atoms with Crippen molar-refractivity contribution in [2.75, 3.05) is 11.1 Å². The second-order valence-electron chi connectivity index (χ2n) is 9.39. The highest BCUT2D eigenvalue weighted by molar-refractivity contribution is 7.99. The van der Waals surface area contributed by atoms with Crippen LogP contribution in [0.25, 0.3) is 37.4 Å². The lowest BCUT2D eigenvalue weighted by Gasteiger charge is -2.14. The van der Waals surface area contributed by atoms with E-state index in [-0.39, 0.29) is 17.2 Å². The fourth-order valence-electron chi connectivity index (χ4n) is 4.34. The van der Waals surface area contributed by atoms with Gasteiger partial charge in [-0.25, -0.2) is 9.97 Å². The van der Waals surface area contributed by atoms with Crippen LogP contribution in [0.1, 0.15) is 11.1 Å². The minimum Gasteiger partial charge on any atom is -0.325 e. The second-order valence-corrected chi connectivity index (χ2v) is 11.8. The number of fused-ring (bicyclic) bond motifs is 2. The van der Waals surface area contributed by atoms with Crippen molar-refractivity contribution >= 4 is 67.4 Å². The number of benzene rings is 4. The molecule has 40 heavy (non-hydrogen) atoms. The van der Waals surface area contributed by atoms with Crippen molar-refractivity contribution in [1.29, 1.82) is 0 Å². The summed E-state index contributed by atoms with van der Waals surface area (Å²) >= 11 is 9.22. The van der Waals surface area contributed by atoms with Crippen LogP contribution < -0.4 is 10.9 Å². The van der Waals surface area contributed by atoms with E-state index in [9.17, 15) is 9.59 Å². The number of carbonyl (C=O) groups excluding carboxylic acids is 1. The lowest BCUT2D eigenvalue weighted by molar-refractivity contribution is -0.113. The Hall–Kier alpha value is -3.98. The molecule has 4 aromatic carbocycles. The maximum Gasteiger partial charge on any atom is 0.266 e. The molecule has 0 saturated heterocycles. The number of aromatic nitrogens is 3. The normalized spacial score (nSPS) is 11.3. The second kappa shape index (κ2) is 10.9. The first kappa shape index (κ1) is 26.3. The number of hydrogen-bond acceptors (Lipinski definition) is 6. The monoisotopic (exact) mass is 582 g/mol. The van der Waals surface area contributed by atoms with Gasteiger partial charge < -0.3 is 5.32 Å². The van der Waals surface area contributed by atoms with E-state index in [1.807, 2.05) is 55.5 Å². The summed E-state index contributed by atoms with van der Waals surface area (Å²) < 4.78 is 2.66. The van der Waals surface area contributed by atoms with Crippen LogP contribution in [-0.4, -0.2) is 26.2 Å². The molecule has 9 heteroatoms. The van der Waals surface area contributed by atoms with E-state index in [4.69, 9.17) is 21.6 Å². The number of hydrogen-bond donors (Lipinski definition) is 1. The van der Waals surface area contributed by atoms with Gasteiger partial charge in [0.25, 0.3) is 5.56 Å². The molecule has 0 saturated carbocycles. The summed E-state index contributed by atoms with van der Waals surface area (Å²) in [7, 11) is 0. The van der Waals surface area contributed by atoms with Gasteiger partial charge in [-0.3, -0.25) is 14.2 Å². The summed E-state index contributed by atoms with van der Waals surface area (Å²) in [5.74, 6) is -0.132. The third-order valence-corrected chi connectivity index (χ3v) is 8.86. The molecule has 0 bridgehead atoms. The smallest absolute Gasteiger partial charge is 0.266 e. The summed E-state index contributed by atoms with van der Waals surface area (Å²) in [4.78, 5) is 35.8. The first-order chi connectivity index (χ1) is 19.4. The molecule has 0 spiro atoms. The SMILES string of the molecule is Cc1ccc2nc(-c3ccc(NC(=O)CSc4nc5ccccc5c(=O)n4-c4ccc(C)c(Cl)c4)cc3)sc2c1. The number of amides is 1. The quantitative estimate of drug-likeness (QED) is 0.161. The number of aryl methyl sites for hydroxylation is 2. The number of rotatable bonds is 6. The van der Waals surface area contributed by atoms with Crippen molar-refractivity contribution in [2.45, 2.75) is 19.0 Å². The molecule has 1 amide bonds. The van der Waals surface area contributed by atoms with Crippen molar-refractivity contribution in [3.63, 3.8) is 0 Å². The molecule has 198 valence electrons. The Bertz CT molecular complexity index is 1970. The van der Waals surface area contributed by atoms with Crippen LogP contribution in [0.3, 0.4) is 0 Å². The van der Waals surface area contributed by atoms with Gasteiger partial charge in [-0.1, -0.05) is 47.6 Å². The first-order valence-electron chi connectivity index (χ1n) is 12.5. The highest BCUT2D eigenvalue weighted by atomic mass is 35.5. The minimum absolute atomic E-state index is 0.0728. The third kappa shape index (κ3) is 5.25. The summed E-state index contributed by atoms with van der Waals surface area (Å²) in [5.41, 5.74) is 5.73. The zero-order valence-corrected chi connectivity index (χ0v) is 24.0. The van der Waals surface area contributed by atoms with E-state index in [0.29, 0.717) is 32.5 Å². The molecule has 0 aliphatic carbocycles. The molecule has 6 nitrogen and oxygen atoms in total. The molecule has 0 aliphatic heterocycles. The Morgan fingerprint density at radius 3 is 2.55 bits per heavy atom. The third-order valence-electron chi connectivity index (χ3n) is 6.45. The number of nitrogens with zero attached hydrogens (tertiary/aromatic N) is 3. The van der Waals surface area contributed by atoms with Gasteiger partial charge >= 0.3 is 0 Å².